The molecule has 0 aromatic carbocycles. The monoisotopic (exact) mass is 1280 g/mol. The van der Waals surface area contributed by atoms with E-state index in [1.807, 2.05) is 0 Å². The van der Waals surface area contributed by atoms with E-state index in [-0.39, 0.29) is 25.7 Å². The van der Waals surface area contributed by atoms with Gasteiger partial charge in [0.25, 0.3) is 0 Å². The van der Waals surface area contributed by atoms with Crippen LogP contribution in [0, 0.1) is 5.92 Å². The van der Waals surface area contributed by atoms with Crippen molar-refractivity contribution in [2.45, 2.75) is 368 Å². The maximum Gasteiger partial charge on any atom is 0.472 e. The number of carbonyl (C=O) groups is 4. The molecule has 0 aliphatic heterocycles. The first-order valence-electron chi connectivity index (χ1n) is 35.6. The molecule has 0 aromatic heterocycles. The number of ether oxygens (including phenoxy) is 4. The molecule has 0 aliphatic rings. The summed E-state index contributed by atoms with van der Waals surface area (Å²) in [7, 11) is -9.89. The van der Waals surface area contributed by atoms with Crippen molar-refractivity contribution in [3.8, 4) is 0 Å². The number of carbonyl (C=O) groups excluding carboxylic acids is 4. The van der Waals surface area contributed by atoms with Gasteiger partial charge in [0.15, 0.2) is 12.2 Å². The predicted octanol–water partition coefficient (Wildman–Crippen LogP) is 19.4. The Morgan fingerprint density at radius 2 is 0.529 bits per heavy atom. The number of hydrogen-bond donors (Lipinski definition) is 3. The zero-order valence-corrected chi connectivity index (χ0v) is 57.9. The summed E-state index contributed by atoms with van der Waals surface area (Å²) >= 11 is 0. The van der Waals surface area contributed by atoms with Crippen molar-refractivity contribution >= 4 is 39.5 Å². The first-order valence-corrected chi connectivity index (χ1v) is 38.6. The van der Waals surface area contributed by atoms with Crippen LogP contribution in [-0.2, 0) is 65.4 Å². The molecule has 0 heterocycles. The van der Waals surface area contributed by atoms with Crippen LogP contribution < -0.4 is 0 Å². The minimum atomic E-state index is -4.95. The van der Waals surface area contributed by atoms with Crippen LogP contribution in [-0.4, -0.2) is 96.7 Å². The predicted molar refractivity (Wildman–Crippen MR) is 349 cm³/mol. The fraction of sp³-hybridized carbons (Fsp3) is 0.941. The summed E-state index contributed by atoms with van der Waals surface area (Å²) in [5.74, 6) is -1.45. The molecular weight excluding hydrogens is 1150 g/mol. The molecule has 5 atom stereocenters. The van der Waals surface area contributed by atoms with E-state index < -0.39 is 97.5 Å². The van der Waals surface area contributed by atoms with Crippen molar-refractivity contribution in [1.29, 1.82) is 0 Å². The smallest absolute Gasteiger partial charge is 0.462 e. The molecule has 0 saturated carbocycles. The minimum Gasteiger partial charge on any atom is -0.462 e. The summed E-state index contributed by atoms with van der Waals surface area (Å²) in [5.41, 5.74) is 0. The number of aliphatic hydroxyl groups excluding tert-OH is 1. The van der Waals surface area contributed by atoms with Crippen molar-refractivity contribution in [3.63, 3.8) is 0 Å². The van der Waals surface area contributed by atoms with Gasteiger partial charge in [-0.3, -0.25) is 37.3 Å². The molecule has 0 radical (unpaired) electrons. The molecule has 19 heteroatoms. The molecule has 0 rings (SSSR count). The van der Waals surface area contributed by atoms with E-state index in [0.717, 1.165) is 96.3 Å². The Morgan fingerprint density at radius 3 is 0.782 bits per heavy atom. The first kappa shape index (κ1) is 85.1. The van der Waals surface area contributed by atoms with Gasteiger partial charge in [0.2, 0.25) is 0 Å². The fourth-order valence-electron chi connectivity index (χ4n) is 10.3. The van der Waals surface area contributed by atoms with E-state index >= 15 is 0 Å². The molecule has 0 spiro atoms. The number of phosphoric acid groups is 2. The van der Waals surface area contributed by atoms with E-state index in [9.17, 15) is 43.2 Å². The minimum absolute atomic E-state index is 0.106. The molecule has 87 heavy (non-hydrogen) atoms. The maximum atomic E-state index is 13.0. The Balaban J connectivity index is 5.18. The highest BCUT2D eigenvalue weighted by molar-refractivity contribution is 7.47. The number of esters is 4. The number of rotatable bonds is 68. The van der Waals surface area contributed by atoms with Crippen LogP contribution in [0.3, 0.4) is 0 Å². The van der Waals surface area contributed by atoms with Gasteiger partial charge in [0.05, 0.1) is 26.4 Å². The highest BCUT2D eigenvalue weighted by atomic mass is 31.2. The molecule has 0 aromatic rings. The van der Waals surface area contributed by atoms with E-state index in [1.165, 1.54) is 167 Å². The molecule has 0 bridgehead atoms. The quantitative estimate of drug-likeness (QED) is 0.0222. The summed E-state index contributed by atoms with van der Waals surface area (Å²) in [5, 5.41) is 10.6. The van der Waals surface area contributed by atoms with Crippen LogP contribution in [0.25, 0.3) is 0 Å². The van der Waals surface area contributed by atoms with Crippen LogP contribution in [0.2, 0.25) is 0 Å². The third-order valence-electron chi connectivity index (χ3n) is 15.8. The molecule has 0 saturated heterocycles. The fourth-order valence-corrected chi connectivity index (χ4v) is 11.9. The zero-order valence-electron chi connectivity index (χ0n) is 56.2. The zero-order chi connectivity index (χ0) is 64.2. The Kier molecular flexibility index (Phi) is 60.2. The van der Waals surface area contributed by atoms with Crippen LogP contribution >= 0.6 is 15.6 Å². The third-order valence-corrected chi connectivity index (χ3v) is 17.7. The van der Waals surface area contributed by atoms with E-state index in [0.29, 0.717) is 31.6 Å². The maximum absolute atomic E-state index is 13.0. The highest BCUT2D eigenvalue weighted by Crippen LogP contribution is 2.45. The molecule has 2 unspecified atom stereocenters. The molecule has 0 fully saturated rings. The summed E-state index contributed by atoms with van der Waals surface area (Å²) in [4.78, 5) is 72.3. The van der Waals surface area contributed by atoms with Gasteiger partial charge in [-0.1, -0.05) is 298 Å². The van der Waals surface area contributed by atoms with Gasteiger partial charge in [-0.05, 0) is 31.6 Å². The van der Waals surface area contributed by atoms with Gasteiger partial charge < -0.3 is 33.8 Å². The number of hydrogen-bond acceptors (Lipinski definition) is 15. The topological polar surface area (TPSA) is 237 Å². The lowest BCUT2D eigenvalue weighted by Gasteiger charge is -2.21. The Morgan fingerprint density at radius 1 is 0.310 bits per heavy atom. The lowest BCUT2D eigenvalue weighted by molar-refractivity contribution is -0.161. The normalized spacial score (nSPS) is 14.1. The first-order chi connectivity index (χ1) is 42.0. The molecule has 0 aliphatic carbocycles. The van der Waals surface area contributed by atoms with Gasteiger partial charge in [-0.15, -0.1) is 0 Å². The largest absolute Gasteiger partial charge is 0.472 e. The van der Waals surface area contributed by atoms with E-state index in [1.54, 1.807) is 0 Å². The Labute approximate surface area is 530 Å². The van der Waals surface area contributed by atoms with E-state index in [4.69, 9.17) is 37.0 Å². The van der Waals surface area contributed by atoms with Crippen LogP contribution in [0.5, 0.6) is 0 Å². The number of aliphatic hydroxyl groups is 1. The van der Waals surface area contributed by atoms with Gasteiger partial charge in [-0.2, -0.15) is 0 Å². The van der Waals surface area contributed by atoms with Gasteiger partial charge >= 0.3 is 39.5 Å². The van der Waals surface area contributed by atoms with Crippen LogP contribution in [0.15, 0.2) is 0 Å². The Bertz CT molecular complexity index is 1690. The van der Waals surface area contributed by atoms with Crippen molar-refractivity contribution < 1.29 is 80.2 Å². The lowest BCUT2D eigenvalue weighted by atomic mass is 10.0. The second-order valence-electron chi connectivity index (χ2n) is 25.0. The molecule has 3 N–H and O–H groups in total. The van der Waals surface area contributed by atoms with Crippen molar-refractivity contribution in [2.24, 2.45) is 5.92 Å². The SMILES string of the molecule is CCCCCCCCCCCCCCCCCCCCC(=O)O[C@H](COC(=O)CCCCCCCCCCCC)COP(=O)(O)OC[C@@H](O)COP(=O)(O)OC[C@@H](COC(=O)CCCCCCCCC(C)C)OC(=O)CCCCCCCCCCCC. The standard InChI is InChI=1S/C68H132O17P2/c1-6-9-12-15-18-21-24-25-26-27-28-29-30-31-34-37-44-49-54-68(73)84-63(57-78-65(70)51-46-41-35-32-22-19-16-13-10-7-2)59-82-86(74,75)80-55-62(69)56-81-87(76,77)83-60-64(58-79-66(71)52-47-42-39-38-40-45-50-61(4)5)85-67(72)53-48-43-36-33-23-20-17-14-11-8-3/h61-64,69H,6-60H2,1-5H3,(H,74,75)(H,76,77)/t62-,63-,64-/m1/s1. The van der Waals surface area contributed by atoms with Crippen LogP contribution in [0.1, 0.15) is 349 Å². The summed E-state index contributed by atoms with van der Waals surface area (Å²) in [6, 6.07) is 0. The molecule has 17 nitrogen and oxygen atoms in total. The van der Waals surface area contributed by atoms with Crippen molar-refractivity contribution in [2.75, 3.05) is 39.6 Å². The van der Waals surface area contributed by atoms with Gasteiger partial charge in [0.1, 0.15) is 19.3 Å². The highest BCUT2D eigenvalue weighted by Gasteiger charge is 2.30. The molecule has 516 valence electrons. The molecule has 0 amide bonds. The van der Waals surface area contributed by atoms with E-state index in [2.05, 4.69) is 34.6 Å². The Hall–Kier alpha value is -1.94. The average Bonchev–Trinajstić information content (AvgIpc) is 3.67. The van der Waals surface area contributed by atoms with Crippen molar-refractivity contribution in [3.05, 3.63) is 0 Å². The van der Waals surface area contributed by atoms with Crippen molar-refractivity contribution in [1.82, 2.24) is 0 Å². The third kappa shape index (κ3) is 62.6. The number of unbranched alkanes of at least 4 members (excludes halogenated alkanes) is 40. The van der Waals surface area contributed by atoms with Gasteiger partial charge in [-0.25, -0.2) is 9.13 Å². The van der Waals surface area contributed by atoms with Crippen LogP contribution in [0.4, 0.5) is 0 Å². The summed E-state index contributed by atoms with van der Waals surface area (Å²) < 4.78 is 68.1. The second-order valence-corrected chi connectivity index (χ2v) is 27.9. The molecular formula is C68H132O17P2. The number of phosphoric ester groups is 2. The summed E-state index contributed by atoms with van der Waals surface area (Å²) in [6.45, 7) is 7.13. The second kappa shape index (κ2) is 61.6. The lowest BCUT2D eigenvalue weighted by Crippen LogP contribution is -2.30. The van der Waals surface area contributed by atoms with Gasteiger partial charge in [0, 0.05) is 25.7 Å². The average molecular weight is 1280 g/mol. The summed E-state index contributed by atoms with van der Waals surface area (Å²) in [6.07, 6.45) is 47.3.